The minimum absolute atomic E-state index is 0.121. The minimum atomic E-state index is -0.512. The summed E-state index contributed by atoms with van der Waals surface area (Å²) in [4.78, 5) is 18.7. The number of benzene rings is 1. The third-order valence-electron chi connectivity index (χ3n) is 3.58. The van der Waals surface area contributed by atoms with E-state index in [1.807, 2.05) is 51.1 Å². The molecule has 0 unspecified atom stereocenters. The van der Waals surface area contributed by atoms with Crippen molar-refractivity contribution in [1.29, 1.82) is 0 Å². The van der Waals surface area contributed by atoms with Gasteiger partial charge in [-0.05, 0) is 39.0 Å². The normalized spacial score (nSPS) is 15.4. The van der Waals surface area contributed by atoms with Crippen LogP contribution in [-0.2, 0) is 4.74 Å². The first kappa shape index (κ1) is 14.8. The van der Waals surface area contributed by atoms with Crippen LogP contribution in [0.5, 0.6) is 0 Å². The van der Waals surface area contributed by atoms with Crippen molar-refractivity contribution in [1.82, 2.24) is 10.3 Å². The lowest BCUT2D eigenvalue weighted by atomic mass is 10.1. The fourth-order valence-electron chi connectivity index (χ4n) is 2.44. The zero-order chi connectivity index (χ0) is 15.7. The van der Waals surface area contributed by atoms with Gasteiger partial charge in [0.1, 0.15) is 5.60 Å². The van der Waals surface area contributed by atoms with Crippen LogP contribution in [0.1, 0.15) is 20.8 Å². The van der Waals surface area contributed by atoms with Gasteiger partial charge >= 0.3 is 6.09 Å². The predicted molar refractivity (Wildman–Crippen MR) is 87.1 cm³/mol. The highest BCUT2D eigenvalue weighted by Gasteiger charge is 2.33. The van der Waals surface area contributed by atoms with E-state index in [-0.39, 0.29) is 12.1 Å². The van der Waals surface area contributed by atoms with E-state index in [4.69, 9.17) is 4.74 Å². The number of nitrogens with one attached hydrogen (secondary N) is 1. The van der Waals surface area contributed by atoms with Crippen molar-refractivity contribution >= 4 is 22.7 Å². The molecule has 5 nitrogen and oxygen atoms in total. The number of hydrogen-bond donors (Lipinski definition) is 1. The lowest BCUT2D eigenvalue weighted by molar-refractivity contribution is 0.0555. The highest BCUT2D eigenvalue weighted by Crippen LogP contribution is 2.25. The van der Waals surface area contributed by atoms with E-state index < -0.39 is 5.60 Å². The molecule has 1 amide bonds. The molecule has 1 aromatic heterocycles. The molecular formula is C17H21N3O2. The summed E-state index contributed by atoms with van der Waals surface area (Å²) in [6, 6.07) is 9.92. The molecule has 2 aromatic rings. The van der Waals surface area contributed by atoms with Gasteiger partial charge in [0.15, 0.2) is 0 Å². The quantitative estimate of drug-likeness (QED) is 0.926. The van der Waals surface area contributed by atoms with Crippen molar-refractivity contribution in [3.05, 3.63) is 36.5 Å². The van der Waals surface area contributed by atoms with E-state index in [1.165, 1.54) is 0 Å². The fraction of sp³-hybridized carbons (Fsp3) is 0.412. The molecule has 1 fully saturated rings. The molecule has 0 bridgehead atoms. The second kappa shape index (κ2) is 5.57. The van der Waals surface area contributed by atoms with Gasteiger partial charge in [-0.25, -0.2) is 4.79 Å². The number of anilines is 1. The molecule has 0 spiro atoms. The Balaban J connectivity index is 1.95. The van der Waals surface area contributed by atoms with Gasteiger partial charge in [-0.3, -0.25) is 9.88 Å². The van der Waals surface area contributed by atoms with Crippen LogP contribution in [0.15, 0.2) is 36.5 Å². The third kappa shape index (κ3) is 3.04. The molecule has 1 aliphatic heterocycles. The zero-order valence-electron chi connectivity index (χ0n) is 13.2. The van der Waals surface area contributed by atoms with Crippen LogP contribution in [0, 0.1) is 0 Å². The van der Waals surface area contributed by atoms with Crippen molar-refractivity contribution in [2.45, 2.75) is 32.4 Å². The number of hydrogen-bond acceptors (Lipinski definition) is 4. The molecule has 0 aliphatic carbocycles. The van der Waals surface area contributed by atoms with E-state index in [0.29, 0.717) is 0 Å². The highest BCUT2D eigenvalue weighted by molar-refractivity contribution is 5.92. The molecule has 1 N–H and O–H groups in total. The van der Waals surface area contributed by atoms with Gasteiger partial charge in [0.2, 0.25) is 0 Å². The number of carbonyl (C=O) groups excluding carboxylic acids is 1. The summed E-state index contributed by atoms with van der Waals surface area (Å²) in [6.45, 7) is 7.19. The van der Waals surface area contributed by atoms with Gasteiger partial charge in [0.25, 0.3) is 0 Å². The maximum absolute atomic E-state index is 12.6. The number of ether oxygens (including phenoxy) is 1. The van der Waals surface area contributed by atoms with E-state index in [2.05, 4.69) is 10.3 Å². The van der Waals surface area contributed by atoms with Crippen LogP contribution in [0.3, 0.4) is 0 Å². The maximum atomic E-state index is 12.6. The summed E-state index contributed by atoms with van der Waals surface area (Å²) >= 11 is 0. The Hall–Kier alpha value is -2.14. The summed E-state index contributed by atoms with van der Waals surface area (Å²) in [5.74, 6) is 0. The molecule has 2 heterocycles. The predicted octanol–water partition coefficient (Wildman–Crippen LogP) is 2.95. The molecule has 3 rings (SSSR count). The lowest BCUT2D eigenvalue weighted by Crippen LogP contribution is -2.60. The SMILES string of the molecule is CC(C)(C)OC(=O)N(c1ccc2cccnc2c1)C1CNC1. The second-order valence-corrected chi connectivity index (χ2v) is 6.54. The Kier molecular flexibility index (Phi) is 3.74. The van der Waals surface area contributed by atoms with Crippen molar-refractivity contribution in [3.63, 3.8) is 0 Å². The van der Waals surface area contributed by atoms with Crippen LogP contribution < -0.4 is 10.2 Å². The van der Waals surface area contributed by atoms with Gasteiger partial charge in [-0.15, -0.1) is 0 Å². The Morgan fingerprint density at radius 3 is 2.73 bits per heavy atom. The highest BCUT2D eigenvalue weighted by atomic mass is 16.6. The molecule has 1 aliphatic rings. The number of fused-ring (bicyclic) bond motifs is 1. The molecule has 1 aromatic carbocycles. The van der Waals surface area contributed by atoms with Crippen molar-refractivity contribution < 1.29 is 9.53 Å². The smallest absolute Gasteiger partial charge is 0.415 e. The summed E-state index contributed by atoms with van der Waals surface area (Å²) in [5.41, 5.74) is 1.19. The Morgan fingerprint density at radius 1 is 1.32 bits per heavy atom. The molecule has 5 heteroatoms. The number of nitrogens with zero attached hydrogens (tertiary/aromatic N) is 2. The van der Waals surface area contributed by atoms with Gasteiger partial charge in [0.05, 0.1) is 11.6 Å². The molecule has 0 radical (unpaired) electrons. The first-order chi connectivity index (χ1) is 10.4. The second-order valence-electron chi connectivity index (χ2n) is 6.54. The van der Waals surface area contributed by atoms with Crippen LogP contribution in [-0.4, -0.2) is 35.8 Å². The molecule has 0 atom stereocenters. The molecular weight excluding hydrogens is 278 g/mol. The molecule has 116 valence electrons. The molecule has 0 saturated carbocycles. The Labute approximate surface area is 130 Å². The minimum Gasteiger partial charge on any atom is -0.443 e. The van der Waals surface area contributed by atoms with Crippen molar-refractivity contribution in [3.8, 4) is 0 Å². The largest absolute Gasteiger partial charge is 0.443 e. The summed E-state index contributed by atoms with van der Waals surface area (Å²) < 4.78 is 5.56. The van der Waals surface area contributed by atoms with Crippen LogP contribution in [0.4, 0.5) is 10.5 Å². The summed E-state index contributed by atoms with van der Waals surface area (Å²) in [6.07, 6.45) is 1.45. The van der Waals surface area contributed by atoms with E-state index in [1.54, 1.807) is 11.1 Å². The fourth-order valence-corrected chi connectivity index (χ4v) is 2.44. The Bertz CT molecular complexity index is 690. The first-order valence-corrected chi connectivity index (χ1v) is 7.52. The average Bonchev–Trinajstić information content (AvgIpc) is 2.40. The van der Waals surface area contributed by atoms with Gasteiger partial charge in [-0.1, -0.05) is 12.1 Å². The van der Waals surface area contributed by atoms with Crippen LogP contribution >= 0.6 is 0 Å². The summed E-state index contributed by atoms with van der Waals surface area (Å²) in [7, 11) is 0. The standard InChI is InChI=1S/C17H21N3O2/c1-17(2,3)22-16(21)20(14-10-18-11-14)13-7-6-12-5-4-8-19-15(12)9-13/h4-9,14,18H,10-11H2,1-3H3. The van der Waals surface area contributed by atoms with Crippen molar-refractivity contribution in [2.75, 3.05) is 18.0 Å². The van der Waals surface area contributed by atoms with Gasteiger partial charge < -0.3 is 10.1 Å². The van der Waals surface area contributed by atoms with Crippen LogP contribution in [0.25, 0.3) is 10.9 Å². The first-order valence-electron chi connectivity index (χ1n) is 7.52. The zero-order valence-corrected chi connectivity index (χ0v) is 13.2. The number of rotatable bonds is 2. The number of aromatic nitrogens is 1. The van der Waals surface area contributed by atoms with E-state index in [0.717, 1.165) is 29.7 Å². The number of amides is 1. The van der Waals surface area contributed by atoms with E-state index in [9.17, 15) is 4.79 Å². The van der Waals surface area contributed by atoms with Gasteiger partial charge in [-0.2, -0.15) is 0 Å². The van der Waals surface area contributed by atoms with Crippen LogP contribution in [0.2, 0.25) is 0 Å². The average molecular weight is 299 g/mol. The molecule has 22 heavy (non-hydrogen) atoms. The number of carbonyl (C=O) groups is 1. The summed E-state index contributed by atoms with van der Waals surface area (Å²) in [5, 5.41) is 4.26. The van der Waals surface area contributed by atoms with E-state index >= 15 is 0 Å². The monoisotopic (exact) mass is 299 g/mol. The lowest BCUT2D eigenvalue weighted by Gasteiger charge is -2.38. The van der Waals surface area contributed by atoms with Crippen molar-refractivity contribution in [2.24, 2.45) is 0 Å². The van der Waals surface area contributed by atoms with Gasteiger partial charge in [0, 0.05) is 30.4 Å². The third-order valence-corrected chi connectivity index (χ3v) is 3.58. The molecule has 1 saturated heterocycles. The maximum Gasteiger partial charge on any atom is 0.415 e. The Morgan fingerprint density at radius 2 is 2.09 bits per heavy atom. The number of pyridine rings is 1. The topological polar surface area (TPSA) is 54.5 Å².